The van der Waals surface area contributed by atoms with Crippen LogP contribution in [0.4, 0.5) is 27.3 Å². The van der Waals surface area contributed by atoms with Crippen molar-refractivity contribution >= 4 is 80.8 Å². The van der Waals surface area contributed by atoms with Crippen molar-refractivity contribution in [3.63, 3.8) is 0 Å². The third-order valence-electron chi connectivity index (χ3n) is 10.1. The van der Waals surface area contributed by atoms with Gasteiger partial charge in [0.2, 0.25) is 23.6 Å². The maximum absolute atomic E-state index is 13.7. The number of hydrogen-bond donors (Lipinski definition) is 4. The number of halogens is 2. The molecular weight excluding hydrogens is 773 g/mol. The normalized spacial score (nSPS) is 17.1. The van der Waals surface area contributed by atoms with E-state index in [1.807, 2.05) is 0 Å². The molecule has 0 aliphatic carbocycles. The molecule has 2 fully saturated rings. The van der Waals surface area contributed by atoms with Gasteiger partial charge in [-0.15, -0.1) is 0 Å². The van der Waals surface area contributed by atoms with Crippen molar-refractivity contribution in [2.45, 2.75) is 31.7 Å². The summed E-state index contributed by atoms with van der Waals surface area (Å²) in [6, 6.07) is 11.4. The number of imide groups is 2. The number of methoxy groups -OCH3 is 1. The molecule has 1 aromatic heterocycles. The average Bonchev–Trinajstić information content (AvgIpc) is 3.47. The lowest BCUT2D eigenvalue weighted by Crippen LogP contribution is -2.54. The Bertz CT molecular complexity index is 2350. The van der Waals surface area contributed by atoms with Crippen LogP contribution in [-0.2, 0) is 19.2 Å². The van der Waals surface area contributed by atoms with E-state index in [2.05, 4.69) is 36.1 Å². The number of aromatic nitrogens is 2. The number of fused-ring (bicyclic) bond motifs is 2. The van der Waals surface area contributed by atoms with E-state index >= 15 is 0 Å². The molecule has 58 heavy (non-hydrogen) atoms. The third kappa shape index (κ3) is 8.59. The summed E-state index contributed by atoms with van der Waals surface area (Å²) in [6.07, 6.45) is 5.43. The molecule has 4 aromatic rings. The minimum atomic E-state index is -1.05. The largest absolute Gasteiger partial charge is 0.494 e. The van der Waals surface area contributed by atoms with Gasteiger partial charge in [0.25, 0.3) is 11.8 Å². The van der Waals surface area contributed by atoms with Gasteiger partial charge in [-0.3, -0.25) is 43.9 Å². The molecule has 7 rings (SSSR count). The molecular formula is C40H39ClFN9O7. The van der Waals surface area contributed by atoms with Gasteiger partial charge in [0, 0.05) is 81.0 Å². The van der Waals surface area contributed by atoms with Crippen LogP contribution in [0.3, 0.4) is 0 Å². The van der Waals surface area contributed by atoms with E-state index in [4.69, 9.17) is 16.3 Å². The predicted octanol–water partition coefficient (Wildman–Crippen LogP) is 4.11. The lowest BCUT2D eigenvalue weighted by molar-refractivity contribution is -0.136. The molecule has 2 saturated heterocycles. The number of piperazine rings is 1. The number of carbonyl (C=O) groups excluding carboxylic acids is 6. The van der Waals surface area contributed by atoms with E-state index in [9.17, 15) is 33.2 Å². The third-order valence-corrected chi connectivity index (χ3v) is 10.4. The number of benzene rings is 3. The van der Waals surface area contributed by atoms with Crippen molar-refractivity contribution in [1.82, 2.24) is 30.0 Å². The van der Waals surface area contributed by atoms with E-state index < -0.39 is 35.5 Å². The van der Waals surface area contributed by atoms with Crippen molar-refractivity contribution in [2.75, 3.05) is 62.3 Å². The quantitative estimate of drug-likeness (QED) is 0.0859. The van der Waals surface area contributed by atoms with Crippen molar-refractivity contribution in [3.8, 4) is 5.75 Å². The standard InChI is InChI=1S/C40H39ClFN9O7/c1-58-32-21-29-25(37(45-22-44-29)46-23-9-10-27(42)26(41)19-23)20-30(32)47-33(52)7-4-14-49-15-17-50(18-16-49)35(54)8-3-13-43-28-6-2-5-24-36(28)40(57)51(39(24)56)31-11-12-34(53)48-38(31)55/h2,4-7,9-10,19-22,31,43H,3,8,11-18H2,1H3,(H,47,52)(H,44,45,46)(H,48,53,55)/b7-4+. The molecule has 1 unspecified atom stereocenters. The fraction of sp³-hybridized carbons (Fsp3) is 0.300. The van der Waals surface area contributed by atoms with Crippen LogP contribution in [0.25, 0.3) is 10.9 Å². The fourth-order valence-electron chi connectivity index (χ4n) is 7.11. The predicted molar refractivity (Wildman–Crippen MR) is 212 cm³/mol. The maximum Gasteiger partial charge on any atom is 0.264 e. The molecule has 3 aliphatic rings. The van der Waals surface area contributed by atoms with E-state index in [-0.39, 0.29) is 47.2 Å². The second kappa shape index (κ2) is 17.4. The number of rotatable bonds is 13. The molecule has 0 radical (unpaired) electrons. The molecule has 0 spiro atoms. The lowest BCUT2D eigenvalue weighted by Gasteiger charge is -2.34. The van der Waals surface area contributed by atoms with Crippen molar-refractivity contribution < 1.29 is 37.9 Å². The van der Waals surface area contributed by atoms with Crippen LogP contribution < -0.4 is 26.0 Å². The molecule has 3 aliphatic heterocycles. The van der Waals surface area contributed by atoms with E-state index in [0.29, 0.717) is 85.2 Å². The summed E-state index contributed by atoms with van der Waals surface area (Å²) in [5, 5.41) is 11.9. The van der Waals surface area contributed by atoms with Crippen LogP contribution in [0.5, 0.6) is 5.75 Å². The zero-order chi connectivity index (χ0) is 40.9. The van der Waals surface area contributed by atoms with Gasteiger partial charge in [-0.25, -0.2) is 14.4 Å². The first-order valence-corrected chi connectivity index (χ1v) is 19.0. The zero-order valence-electron chi connectivity index (χ0n) is 31.3. The summed E-state index contributed by atoms with van der Waals surface area (Å²) in [4.78, 5) is 89.9. The smallest absolute Gasteiger partial charge is 0.264 e. The molecule has 0 saturated carbocycles. The Balaban J connectivity index is 0.860. The molecule has 300 valence electrons. The first-order chi connectivity index (χ1) is 28.0. The Hall–Kier alpha value is -6.46. The van der Waals surface area contributed by atoms with Gasteiger partial charge in [0.05, 0.1) is 34.5 Å². The Morgan fingerprint density at radius 1 is 1.02 bits per heavy atom. The second-order valence-corrected chi connectivity index (χ2v) is 14.2. The van der Waals surface area contributed by atoms with Gasteiger partial charge in [0.1, 0.15) is 29.8 Å². The van der Waals surface area contributed by atoms with E-state index in [0.717, 1.165) is 4.90 Å². The highest BCUT2D eigenvalue weighted by Crippen LogP contribution is 2.34. The fourth-order valence-corrected chi connectivity index (χ4v) is 7.29. The molecule has 4 heterocycles. The lowest BCUT2D eigenvalue weighted by atomic mass is 10.0. The first-order valence-electron chi connectivity index (χ1n) is 18.6. The van der Waals surface area contributed by atoms with Crippen LogP contribution in [0.1, 0.15) is 46.4 Å². The van der Waals surface area contributed by atoms with Gasteiger partial charge in [-0.2, -0.15) is 0 Å². The molecule has 16 nitrogen and oxygen atoms in total. The summed E-state index contributed by atoms with van der Waals surface area (Å²) < 4.78 is 19.2. The highest BCUT2D eigenvalue weighted by atomic mass is 35.5. The first kappa shape index (κ1) is 39.8. The topological polar surface area (TPSA) is 195 Å². The molecule has 6 amide bonds. The number of nitrogens with one attached hydrogen (secondary N) is 4. The van der Waals surface area contributed by atoms with Gasteiger partial charge in [0.15, 0.2) is 0 Å². The number of ether oxygens (including phenoxy) is 1. The van der Waals surface area contributed by atoms with E-state index in [1.54, 1.807) is 35.2 Å². The van der Waals surface area contributed by atoms with Gasteiger partial charge in [-0.05, 0) is 49.2 Å². The average molecular weight is 812 g/mol. The maximum atomic E-state index is 13.7. The van der Waals surface area contributed by atoms with Crippen LogP contribution in [-0.4, -0.2) is 113 Å². The van der Waals surface area contributed by atoms with Crippen LogP contribution in [0, 0.1) is 5.82 Å². The second-order valence-electron chi connectivity index (χ2n) is 13.8. The van der Waals surface area contributed by atoms with Gasteiger partial charge in [-0.1, -0.05) is 23.7 Å². The highest BCUT2D eigenvalue weighted by Gasteiger charge is 2.45. The zero-order valence-corrected chi connectivity index (χ0v) is 32.1. The Morgan fingerprint density at radius 3 is 2.59 bits per heavy atom. The van der Waals surface area contributed by atoms with Crippen LogP contribution >= 0.6 is 11.6 Å². The van der Waals surface area contributed by atoms with Crippen LogP contribution in [0.2, 0.25) is 5.02 Å². The highest BCUT2D eigenvalue weighted by molar-refractivity contribution is 6.31. The van der Waals surface area contributed by atoms with E-state index in [1.165, 1.54) is 43.8 Å². The minimum Gasteiger partial charge on any atom is -0.494 e. The number of nitrogens with zero attached hydrogens (tertiary/aromatic N) is 5. The van der Waals surface area contributed by atoms with Crippen molar-refractivity contribution in [3.05, 3.63) is 89.0 Å². The number of hydrogen-bond acceptors (Lipinski definition) is 12. The summed E-state index contributed by atoms with van der Waals surface area (Å²) in [7, 11) is 1.49. The molecule has 1 atom stereocenters. The molecule has 18 heteroatoms. The minimum absolute atomic E-state index is 0.000462. The molecule has 4 N–H and O–H groups in total. The Morgan fingerprint density at radius 2 is 1.83 bits per heavy atom. The monoisotopic (exact) mass is 811 g/mol. The summed E-state index contributed by atoms with van der Waals surface area (Å²) >= 11 is 5.94. The van der Waals surface area contributed by atoms with Crippen molar-refractivity contribution in [1.29, 1.82) is 0 Å². The van der Waals surface area contributed by atoms with Crippen molar-refractivity contribution in [2.24, 2.45) is 0 Å². The summed E-state index contributed by atoms with van der Waals surface area (Å²) in [6.45, 7) is 3.18. The van der Waals surface area contributed by atoms with Crippen LogP contribution in [0.15, 0.2) is 67.0 Å². The number of amides is 6. The summed E-state index contributed by atoms with van der Waals surface area (Å²) in [5.74, 6) is -2.39. The SMILES string of the molecule is COc1cc2ncnc(Nc3ccc(F)c(Cl)c3)c2cc1NC(=O)/C=C/CN1CCN(C(=O)CCCNc2cccc3c2C(=O)N(C2CCC(=O)NC2=O)C3=O)CC1. The molecule has 0 bridgehead atoms. The number of carbonyl (C=O) groups is 6. The molecule has 3 aromatic carbocycles. The number of piperidine rings is 1. The number of anilines is 4. The summed E-state index contributed by atoms with van der Waals surface area (Å²) in [5.41, 5.74) is 2.27. The van der Waals surface area contributed by atoms with Gasteiger partial charge >= 0.3 is 0 Å². The van der Waals surface area contributed by atoms with Gasteiger partial charge < -0.3 is 25.6 Å². The Kier molecular flexibility index (Phi) is 11.9. The Labute approximate surface area is 336 Å².